The summed E-state index contributed by atoms with van der Waals surface area (Å²) >= 11 is 0. The van der Waals surface area contributed by atoms with Gasteiger partial charge < -0.3 is 9.30 Å². The van der Waals surface area contributed by atoms with Gasteiger partial charge in [-0.1, -0.05) is 200 Å². The molecule has 0 aliphatic heterocycles. The first-order chi connectivity index (χ1) is 31.7. The normalized spacial score (nSPS) is 11.4. The van der Waals surface area contributed by atoms with E-state index in [2.05, 4.69) is 264 Å². The highest BCUT2D eigenvalue weighted by Gasteiger charge is 2.18. The van der Waals surface area contributed by atoms with E-state index in [1.165, 1.54) is 82.5 Å². The van der Waals surface area contributed by atoms with Crippen LogP contribution < -0.4 is 4.90 Å². The minimum Gasteiger partial charge on any atom is -0.315 e. The number of pyridine rings is 1. The van der Waals surface area contributed by atoms with Crippen LogP contribution in [0, 0.1) is 0 Å². The third-order valence-corrected chi connectivity index (χ3v) is 12.8. The number of aromatic nitrogens is 1. The fourth-order valence-corrected chi connectivity index (χ4v) is 9.63. The first-order valence-corrected chi connectivity index (χ1v) is 22.0. The molecule has 2 heterocycles. The summed E-state index contributed by atoms with van der Waals surface area (Å²) in [6, 6.07) is 90.2. The molecule has 300 valence electrons. The number of fused-ring (bicyclic) bond motifs is 6. The Labute approximate surface area is 373 Å². The van der Waals surface area contributed by atoms with Crippen molar-refractivity contribution >= 4 is 55.0 Å². The van der Waals surface area contributed by atoms with Crippen molar-refractivity contribution in [1.29, 1.82) is 0 Å². The van der Waals surface area contributed by atoms with Gasteiger partial charge in [-0.3, -0.25) is 0 Å². The molecule has 0 saturated heterocycles. The SMILES string of the molecule is c1ccc(-c2ccc(-c3ccc(N(c4ccc(-c5ccc6c(-c7ccccc7)c7c8ccccc8ccc7n6c5)cc4)c4ccc(-c5cccc6ccccc56)cc4)cc3)cc2)cc1. The molecule has 0 aliphatic carbocycles. The van der Waals surface area contributed by atoms with Crippen molar-refractivity contribution in [3.8, 4) is 55.6 Å². The molecule has 0 radical (unpaired) electrons. The first-order valence-electron chi connectivity index (χ1n) is 22.0. The van der Waals surface area contributed by atoms with Crippen LogP contribution >= 0.6 is 0 Å². The van der Waals surface area contributed by atoms with Gasteiger partial charge in [0.2, 0.25) is 0 Å². The maximum atomic E-state index is 2.38. The van der Waals surface area contributed by atoms with Crippen molar-refractivity contribution in [2.75, 3.05) is 4.90 Å². The first kappa shape index (κ1) is 37.3. The maximum Gasteiger partial charge on any atom is 0.0541 e. The van der Waals surface area contributed by atoms with Crippen molar-refractivity contribution in [1.82, 2.24) is 4.40 Å². The van der Waals surface area contributed by atoms with Gasteiger partial charge in [0.1, 0.15) is 0 Å². The number of hydrogen-bond donors (Lipinski definition) is 0. The molecule has 0 N–H and O–H groups in total. The van der Waals surface area contributed by atoms with Crippen LogP contribution in [0.5, 0.6) is 0 Å². The minimum atomic E-state index is 1.09. The number of rotatable bonds is 8. The van der Waals surface area contributed by atoms with Gasteiger partial charge in [-0.15, -0.1) is 0 Å². The Bertz CT molecular complexity index is 3600. The zero-order chi connectivity index (χ0) is 42.4. The van der Waals surface area contributed by atoms with E-state index in [0.29, 0.717) is 0 Å². The quantitative estimate of drug-likeness (QED) is 0.148. The van der Waals surface area contributed by atoms with Crippen molar-refractivity contribution < 1.29 is 0 Å². The lowest BCUT2D eigenvalue weighted by Gasteiger charge is -2.26. The zero-order valence-corrected chi connectivity index (χ0v) is 35.1. The van der Waals surface area contributed by atoms with Crippen molar-refractivity contribution in [2.24, 2.45) is 0 Å². The molecule has 2 nitrogen and oxygen atoms in total. The molecule has 0 spiro atoms. The fraction of sp³-hybridized carbons (Fsp3) is 0. The molecule has 0 atom stereocenters. The van der Waals surface area contributed by atoms with Gasteiger partial charge >= 0.3 is 0 Å². The summed E-state index contributed by atoms with van der Waals surface area (Å²) in [6.07, 6.45) is 2.31. The predicted octanol–water partition coefficient (Wildman–Crippen LogP) is 17.2. The van der Waals surface area contributed by atoms with Crippen LogP contribution in [0.2, 0.25) is 0 Å². The Balaban J connectivity index is 0.927. The summed E-state index contributed by atoms with van der Waals surface area (Å²) in [7, 11) is 0. The van der Waals surface area contributed by atoms with E-state index in [9.17, 15) is 0 Å². The molecule has 0 saturated carbocycles. The molecule has 0 fully saturated rings. The summed E-state index contributed by atoms with van der Waals surface area (Å²) in [4.78, 5) is 2.36. The van der Waals surface area contributed by atoms with E-state index in [4.69, 9.17) is 0 Å². The summed E-state index contributed by atoms with van der Waals surface area (Å²) in [5.41, 5.74) is 17.8. The van der Waals surface area contributed by atoms with E-state index in [1.807, 2.05) is 0 Å². The summed E-state index contributed by atoms with van der Waals surface area (Å²) < 4.78 is 2.38. The molecular formula is C62H42N2. The second-order valence-corrected chi connectivity index (χ2v) is 16.5. The molecule has 2 heteroatoms. The van der Waals surface area contributed by atoms with Crippen molar-refractivity contribution in [3.05, 3.63) is 255 Å². The van der Waals surface area contributed by atoms with Crippen LogP contribution in [0.1, 0.15) is 0 Å². The van der Waals surface area contributed by atoms with Crippen molar-refractivity contribution in [3.63, 3.8) is 0 Å². The van der Waals surface area contributed by atoms with Crippen LogP contribution in [0.4, 0.5) is 17.1 Å². The molecule has 12 aromatic rings. The molecule has 0 bridgehead atoms. The predicted molar refractivity (Wildman–Crippen MR) is 272 cm³/mol. The van der Waals surface area contributed by atoms with Gasteiger partial charge in [0.25, 0.3) is 0 Å². The van der Waals surface area contributed by atoms with Gasteiger partial charge in [0.15, 0.2) is 0 Å². The fourth-order valence-electron chi connectivity index (χ4n) is 9.63. The highest BCUT2D eigenvalue weighted by molar-refractivity contribution is 6.18. The maximum absolute atomic E-state index is 2.38. The lowest BCUT2D eigenvalue weighted by molar-refractivity contribution is 1.25. The molecule has 12 rings (SSSR count). The molecule has 0 amide bonds. The minimum absolute atomic E-state index is 1.09. The molecular weight excluding hydrogens is 773 g/mol. The molecule has 10 aromatic carbocycles. The molecule has 64 heavy (non-hydrogen) atoms. The average Bonchev–Trinajstić information content (AvgIpc) is 3.72. The summed E-state index contributed by atoms with van der Waals surface area (Å²) in [6.45, 7) is 0. The number of hydrogen-bond acceptors (Lipinski definition) is 1. The van der Waals surface area contributed by atoms with E-state index in [-0.39, 0.29) is 0 Å². The standard InChI is InChI=1S/C62H42N2/c1-3-12-43(13-4-1)44-22-24-45(25-23-44)46-26-34-53(35-27-46)64(55-38-30-50(31-39-55)57-21-11-18-48-14-7-9-19-56(48)57)54-36-28-47(29-37-54)52-33-41-59-61(51-16-5-2-6-17-51)62-58-20-10-8-15-49(58)32-40-60(62)63(59)42-52/h1-42H. The Morgan fingerprint density at radius 2 is 0.688 bits per heavy atom. The number of nitrogens with zero attached hydrogens (tertiary/aromatic N) is 2. The van der Waals surface area contributed by atoms with Crippen LogP contribution in [-0.2, 0) is 0 Å². The second-order valence-electron chi connectivity index (χ2n) is 16.5. The lowest BCUT2D eigenvalue weighted by atomic mass is 9.98. The third kappa shape index (κ3) is 6.61. The Morgan fingerprint density at radius 3 is 1.30 bits per heavy atom. The van der Waals surface area contributed by atoms with E-state index in [1.54, 1.807) is 0 Å². The zero-order valence-electron chi connectivity index (χ0n) is 35.1. The molecule has 0 aliphatic rings. The monoisotopic (exact) mass is 814 g/mol. The smallest absolute Gasteiger partial charge is 0.0541 e. The van der Waals surface area contributed by atoms with Gasteiger partial charge in [0, 0.05) is 34.2 Å². The van der Waals surface area contributed by atoms with Crippen LogP contribution in [0.15, 0.2) is 255 Å². The molecule has 2 aromatic heterocycles. The Hall–Kier alpha value is -8.46. The van der Waals surface area contributed by atoms with Crippen LogP contribution in [0.25, 0.3) is 93.6 Å². The van der Waals surface area contributed by atoms with Crippen LogP contribution in [-0.4, -0.2) is 4.40 Å². The van der Waals surface area contributed by atoms with Gasteiger partial charge in [-0.2, -0.15) is 0 Å². The summed E-state index contributed by atoms with van der Waals surface area (Å²) in [5.74, 6) is 0. The average molecular weight is 815 g/mol. The summed E-state index contributed by atoms with van der Waals surface area (Å²) in [5, 5.41) is 6.31. The van der Waals surface area contributed by atoms with Crippen molar-refractivity contribution in [2.45, 2.75) is 0 Å². The third-order valence-electron chi connectivity index (χ3n) is 12.8. The highest BCUT2D eigenvalue weighted by atomic mass is 15.1. The number of benzene rings is 10. The second kappa shape index (κ2) is 15.8. The van der Waals surface area contributed by atoms with E-state index in [0.717, 1.165) is 28.2 Å². The highest BCUT2D eigenvalue weighted by Crippen LogP contribution is 2.42. The van der Waals surface area contributed by atoms with Crippen LogP contribution in [0.3, 0.4) is 0 Å². The topological polar surface area (TPSA) is 7.65 Å². The van der Waals surface area contributed by atoms with E-state index < -0.39 is 0 Å². The van der Waals surface area contributed by atoms with E-state index >= 15 is 0 Å². The molecule has 0 unspecified atom stereocenters. The Kier molecular flexibility index (Phi) is 9.20. The largest absolute Gasteiger partial charge is 0.315 e. The van der Waals surface area contributed by atoms with Gasteiger partial charge in [0.05, 0.1) is 11.0 Å². The lowest BCUT2D eigenvalue weighted by Crippen LogP contribution is -2.09. The van der Waals surface area contributed by atoms with Gasteiger partial charge in [-0.05, 0) is 120 Å². The van der Waals surface area contributed by atoms with Gasteiger partial charge in [-0.25, -0.2) is 0 Å². The Morgan fingerprint density at radius 1 is 0.266 bits per heavy atom. The number of anilines is 3.